The molecule has 2 atom stereocenters. The highest BCUT2D eigenvalue weighted by atomic mass is 32.2. The van der Waals surface area contributed by atoms with Crippen molar-refractivity contribution in [2.24, 2.45) is 0 Å². The Morgan fingerprint density at radius 1 is 1.13 bits per heavy atom. The fraction of sp³-hybridized carbons (Fsp3) is 1.00. The summed E-state index contributed by atoms with van der Waals surface area (Å²) in [6.45, 7) is 10.4. The predicted octanol–water partition coefficient (Wildman–Crippen LogP) is 0.797. The van der Waals surface area contributed by atoms with Crippen molar-refractivity contribution in [2.45, 2.75) is 51.4 Å². The van der Waals surface area contributed by atoms with E-state index in [-0.39, 0.29) is 12.1 Å². The zero-order valence-electron chi connectivity index (χ0n) is 10.2. The third-order valence-corrected chi connectivity index (χ3v) is 5.16. The van der Waals surface area contributed by atoms with Crippen molar-refractivity contribution < 1.29 is 8.42 Å². The number of hydrogen-bond acceptors (Lipinski definition) is 3. The van der Waals surface area contributed by atoms with Crippen LogP contribution in [0, 0.1) is 0 Å². The van der Waals surface area contributed by atoms with Gasteiger partial charge in [0.1, 0.15) is 0 Å². The molecule has 90 valence electrons. The van der Waals surface area contributed by atoms with Gasteiger partial charge in [-0.15, -0.1) is 0 Å². The molecule has 0 bridgehead atoms. The lowest BCUT2D eigenvalue weighted by atomic mass is 10.2. The molecule has 1 saturated heterocycles. The van der Waals surface area contributed by atoms with E-state index >= 15 is 0 Å². The third-order valence-electron chi connectivity index (χ3n) is 2.64. The van der Waals surface area contributed by atoms with Crippen LogP contribution in [0.15, 0.2) is 0 Å². The van der Waals surface area contributed by atoms with E-state index in [9.17, 15) is 8.42 Å². The first kappa shape index (κ1) is 12.9. The Bertz CT molecular complexity index is 309. The highest BCUT2D eigenvalue weighted by Crippen LogP contribution is 2.22. The topological polar surface area (TPSA) is 49.4 Å². The number of sulfonamides is 1. The number of rotatable bonds is 1. The lowest BCUT2D eigenvalue weighted by Crippen LogP contribution is -2.58. The maximum Gasteiger partial charge on any atom is 0.219 e. The number of nitrogens with zero attached hydrogens (tertiary/aromatic N) is 1. The molecule has 4 nitrogen and oxygen atoms in total. The first-order valence-corrected chi connectivity index (χ1v) is 6.84. The van der Waals surface area contributed by atoms with Crippen LogP contribution in [0.5, 0.6) is 0 Å². The molecule has 0 spiro atoms. The maximum atomic E-state index is 12.2. The molecule has 0 aromatic heterocycles. The molecule has 0 radical (unpaired) electrons. The van der Waals surface area contributed by atoms with Crippen LogP contribution >= 0.6 is 0 Å². The van der Waals surface area contributed by atoms with Crippen molar-refractivity contribution in [1.82, 2.24) is 9.62 Å². The highest BCUT2D eigenvalue weighted by Gasteiger charge is 2.38. The van der Waals surface area contributed by atoms with Gasteiger partial charge in [-0.05, 0) is 34.6 Å². The smallest absolute Gasteiger partial charge is 0.219 e. The van der Waals surface area contributed by atoms with Gasteiger partial charge in [0.05, 0.1) is 4.75 Å². The predicted molar refractivity (Wildman–Crippen MR) is 62.3 cm³/mol. The molecule has 1 rings (SSSR count). The molecule has 0 aromatic carbocycles. The van der Waals surface area contributed by atoms with Crippen LogP contribution in [0.25, 0.3) is 0 Å². The summed E-state index contributed by atoms with van der Waals surface area (Å²) in [5.41, 5.74) is 0. The van der Waals surface area contributed by atoms with Crippen LogP contribution in [0.1, 0.15) is 34.6 Å². The number of piperazine rings is 1. The van der Waals surface area contributed by atoms with Gasteiger partial charge in [-0.3, -0.25) is 0 Å². The normalized spacial score (nSPS) is 30.5. The molecule has 5 heteroatoms. The molecule has 1 heterocycles. The average Bonchev–Trinajstić information content (AvgIpc) is 1.99. The van der Waals surface area contributed by atoms with Crippen molar-refractivity contribution in [1.29, 1.82) is 0 Å². The van der Waals surface area contributed by atoms with Gasteiger partial charge in [-0.1, -0.05) is 0 Å². The molecule has 1 fully saturated rings. The Balaban J connectivity index is 2.89. The van der Waals surface area contributed by atoms with E-state index in [0.29, 0.717) is 13.1 Å². The molecule has 15 heavy (non-hydrogen) atoms. The number of hydrogen-bond donors (Lipinski definition) is 1. The van der Waals surface area contributed by atoms with Crippen molar-refractivity contribution >= 4 is 10.0 Å². The first-order chi connectivity index (χ1) is 6.64. The fourth-order valence-corrected chi connectivity index (χ4v) is 3.47. The van der Waals surface area contributed by atoms with Crippen molar-refractivity contribution in [3.8, 4) is 0 Å². The molecule has 1 aliphatic rings. The van der Waals surface area contributed by atoms with Crippen LogP contribution in [-0.2, 0) is 10.0 Å². The first-order valence-electron chi connectivity index (χ1n) is 5.40. The van der Waals surface area contributed by atoms with E-state index in [1.54, 1.807) is 25.1 Å². The fourth-order valence-electron chi connectivity index (χ4n) is 1.86. The van der Waals surface area contributed by atoms with Crippen LogP contribution in [0.3, 0.4) is 0 Å². The minimum Gasteiger partial charge on any atom is -0.309 e. The monoisotopic (exact) mass is 234 g/mol. The van der Waals surface area contributed by atoms with Gasteiger partial charge in [-0.25, -0.2) is 8.42 Å². The molecular weight excluding hydrogens is 212 g/mol. The van der Waals surface area contributed by atoms with E-state index < -0.39 is 14.8 Å². The van der Waals surface area contributed by atoms with E-state index in [0.717, 1.165) is 0 Å². The van der Waals surface area contributed by atoms with Crippen molar-refractivity contribution in [2.75, 3.05) is 13.1 Å². The molecule has 0 aliphatic carbocycles. The summed E-state index contributed by atoms with van der Waals surface area (Å²) in [6.07, 6.45) is 0. The Kier molecular flexibility index (Phi) is 3.48. The average molecular weight is 234 g/mol. The van der Waals surface area contributed by atoms with Crippen LogP contribution in [0.2, 0.25) is 0 Å². The summed E-state index contributed by atoms with van der Waals surface area (Å²) in [6, 6.07) is 0.455. The summed E-state index contributed by atoms with van der Waals surface area (Å²) >= 11 is 0. The zero-order chi connectivity index (χ0) is 11.9. The van der Waals surface area contributed by atoms with E-state index in [1.807, 2.05) is 13.8 Å². The number of nitrogens with one attached hydrogen (secondary N) is 1. The van der Waals surface area contributed by atoms with Gasteiger partial charge in [-0.2, -0.15) is 4.31 Å². The van der Waals surface area contributed by atoms with Crippen molar-refractivity contribution in [3.05, 3.63) is 0 Å². The summed E-state index contributed by atoms with van der Waals surface area (Å²) in [4.78, 5) is 0. The van der Waals surface area contributed by atoms with Crippen LogP contribution < -0.4 is 5.32 Å². The minimum absolute atomic E-state index is 0.228. The zero-order valence-corrected chi connectivity index (χ0v) is 11.1. The standard InChI is InChI=1S/C10H22N2O2S/c1-8-6-12(7-9(2)11-8)15(13,14)10(3,4)5/h8-9,11H,6-7H2,1-5H3. The largest absolute Gasteiger partial charge is 0.309 e. The second-order valence-electron chi connectivity index (χ2n) is 5.40. The molecule has 1 N–H and O–H groups in total. The van der Waals surface area contributed by atoms with Crippen LogP contribution in [-0.4, -0.2) is 42.6 Å². The third kappa shape index (κ3) is 2.71. The quantitative estimate of drug-likeness (QED) is 0.730. The summed E-state index contributed by atoms with van der Waals surface area (Å²) in [7, 11) is -3.17. The molecule has 0 saturated carbocycles. The SMILES string of the molecule is CC1CN(S(=O)(=O)C(C)(C)C)CC(C)N1. The summed E-state index contributed by atoms with van der Waals surface area (Å²) in [5.74, 6) is 0. The Morgan fingerprint density at radius 2 is 1.53 bits per heavy atom. The Labute approximate surface area is 93.1 Å². The van der Waals surface area contributed by atoms with Crippen molar-refractivity contribution in [3.63, 3.8) is 0 Å². The van der Waals surface area contributed by atoms with Gasteiger partial charge >= 0.3 is 0 Å². The van der Waals surface area contributed by atoms with E-state index in [4.69, 9.17) is 0 Å². The van der Waals surface area contributed by atoms with Gasteiger partial charge in [0.25, 0.3) is 0 Å². The molecule has 0 amide bonds. The second kappa shape index (κ2) is 4.03. The molecular formula is C10H22N2O2S. The van der Waals surface area contributed by atoms with Gasteiger partial charge in [0.2, 0.25) is 10.0 Å². The van der Waals surface area contributed by atoms with Gasteiger partial charge in [0.15, 0.2) is 0 Å². The Hall–Kier alpha value is -0.130. The summed E-state index contributed by atoms with van der Waals surface area (Å²) in [5, 5.41) is 3.33. The van der Waals surface area contributed by atoms with Gasteiger partial charge in [0, 0.05) is 25.2 Å². The van der Waals surface area contributed by atoms with E-state index in [1.165, 1.54) is 0 Å². The maximum absolute atomic E-state index is 12.2. The molecule has 0 aromatic rings. The Morgan fingerprint density at radius 3 is 1.87 bits per heavy atom. The van der Waals surface area contributed by atoms with Gasteiger partial charge < -0.3 is 5.32 Å². The lowest BCUT2D eigenvalue weighted by molar-refractivity contribution is 0.258. The van der Waals surface area contributed by atoms with Crippen LogP contribution in [0.4, 0.5) is 0 Å². The van der Waals surface area contributed by atoms with E-state index in [2.05, 4.69) is 5.32 Å². The molecule has 2 unspecified atom stereocenters. The summed E-state index contributed by atoms with van der Waals surface area (Å²) < 4.78 is 25.3. The lowest BCUT2D eigenvalue weighted by Gasteiger charge is -2.38. The molecule has 1 aliphatic heterocycles. The highest BCUT2D eigenvalue weighted by molar-refractivity contribution is 7.90. The second-order valence-corrected chi connectivity index (χ2v) is 8.09. The minimum atomic E-state index is -3.17.